The van der Waals surface area contributed by atoms with E-state index >= 15 is 0 Å². The predicted molar refractivity (Wildman–Crippen MR) is 92.0 cm³/mol. The zero-order valence-corrected chi connectivity index (χ0v) is 13.5. The molecule has 0 bridgehead atoms. The summed E-state index contributed by atoms with van der Waals surface area (Å²) < 4.78 is 2.05. The van der Waals surface area contributed by atoms with Crippen molar-refractivity contribution in [2.24, 2.45) is 0 Å². The van der Waals surface area contributed by atoms with Gasteiger partial charge in [-0.05, 0) is 36.2 Å². The van der Waals surface area contributed by atoms with E-state index in [1.165, 1.54) is 5.56 Å². The van der Waals surface area contributed by atoms with E-state index < -0.39 is 0 Å². The predicted octanol–water partition coefficient (Wildman–Crippen LogP) is 5.13. The third-order valence-corrected chi connectivity index (χ3v) is 4.15. The largest absolute Gasteiger partial charge is 0.260 e. The lowest BCUT2D eigenvalue weighted by Gasteiger charge is -2.09. The maximum Gasteiger partial charge on any atom is 0.0689 e. The molecule has 0 N–H and O–H groups in total. The van der Waals surface area contributed by atoms with E-state index in [2.05, 4.69) is 41.5 Å². The normalized spacial score (nSPS) is 10.9. The van der Waals surface area contributed by atoms with E-state index in [9.17, 15) is 0 Å². The fraction of sp³-hybridized carbons (Fsp3) is 0.158. The minimum Gasteiger partial charge on any atom is -0.260 e. The van der Waals surface area contributed by atoms with Crippen molar-refractivity contribution in [1.82, 2.24) is 9.78 Å². The molecular weight excluding hydrogens is 292 g/mol. The topological polar surface area (TPSA) is 17.8 Å². The Labute approximate surface area is 136 Å². The first kappa shape index (κ1) is 14.9. The minimum absolute atomic E-state index is 0.756. The molecule has 0 atom stereocenters. The van der Waals surface area contributed by atoms with E-state index in [0.29, 0.717) is 0 Å². The summed E-state index contributed by atoms with van der Waals surface area (Å²) in [6.07, 6.45) is 2.02. The molecule has 22 heavy (non-hydrogen) atoms. The van der Waals surface area contributed by atoms with Crippen LogP contribution in [0.4, 0.5) is 0 Å². The second-order valence-corrected chi connectivity index (χ2v) is 5.76. The van der Waals surface area contributed by atoms with Crippen molar-refractivity contribution in [1.29, 1.82) is 0 Å². The number of aromatic nitrogens is 2. The van der Waals surface area contributed by atoms with E-state index in [4.69, 9.17) is 11.6 Å². The molecule has 1 aromatic heterocycles. The first-order valence-corrected chi connectivity index (χ1v) is 7.73. The van der Waals surface area contributed by atoms with Crippen LogP contribution in [0.3, 0.4) is 0 Å². The highest BCUT2D eigenvalue weighted by Crippen LogP contribution is 2.26. The quantitative estimate of drug-likeness (QED) is 0.653. The van der Waals surface area contributed by atoms with Crippen LogP contribution >= 0.6 is 11.6 Å². The fourth-order valence-electron chi connectivity index (χ4n) is 2.49. The number of nitrogens with zero attached hydrogens (tertiary/aromatic N) is 2. The Morgan fingerprint density at radius 2 is 1.86 bits per heavy atom. The Balaban J connectivity index is 2.02. The van der Waals surface area contributed by atoms with Gasteiger partial charge in [0.1, 0.15) is 0 Å². The molecule has 1 radical (unpaired) electrons. The van der Waals surface area contributed by atoms with Gasteiger partial charge in [0, 0.05) is 17.0 Å². The Kier molecular flexibility index (Phi) is 4.30. The summed E-state index contributed by atoms with van der Waals surface area (Å²) >= 11 is 6.14. The lowest BCUT2D eigenvalue weighted by molar-refractivity contribution is 0.688. The molecule has 0 amide bonds. The van der Waals surface area contributed by atoms with Crippen molar-refractivity contribution in [2.75, 3.05) is 0 Å². The Morgan fingerprint density at radius 1 is 1.09 bits per heavy atom. The molecule has 111 valence electrons. The van der Waals surface area contributed by atoms with E-state index in [1.807, 2.05) is 43.1 Å². The van der Waals surface area contributed by atoms with Crippen LogP contribution < -0.4 is 0 Å². The van der Waals surface area contributed by atoms with Gasteiger partial charge in [-0.3, -0.25) is 4.68 Å². The molecule has 0 aliphatic heterocycles. The van der Waals surface area contributed by atoms with Crippen molar-refractivity contribution in [2.45, 2.75) is 20.4 Å². The van der Waals surface area contributed by atoms with Crippen LogP contribution in [0.15, 0.2) is 54.6 Å². The van der Waals surface area contributed by atoms with Crippen molar-refractivity contribution in [3.05, 3.63) is 82.9 Å². The molecule has 0 fully saturated rings. The molecule has 2 aromatic carbocycles. The van der Waals surface area contributed by atoms with Gasteiger partial charge in [0.15, 0.2) is 0 Å². The third-order valence-electron chi connectivity index (χ3n) is 3.72. The zero-order chi connectivity index (χ0) is 15.5. The summed E-state index contributed by atoms with van der Waals surface area (Å²) in [6, 6.07) is 18.6. The van der Waals surface area contributed by atoms with E-state index in [0.717, 1.165) is 34.1 Å². The summed E-state index contributed by atoms with van der Waals surface area (Å²) in [4.78, 5) is 0. The van der Waals surface area contributed by atoms with Crippen LogP contribution in [0.5, 0.6) is 0 Å². The molecule has 1 heterocycles. The first-order chi connectivity index (χ1) is 10.7. The zero-order valence-electron chi connectivity index (χ0n) is 12.8. The molecule has 0 aliphatic rings. The van der Waals surface area contributed by atoms with Crippen molar-refractivity contribution >= 4 is 11.6 Å². The van der Waals surface area contributed by atoms with Crippen LogP contribution in [0, 0.1) is 13.3 Å². The van der Waals surface area contributed by atoms with Crippen LogP contribution in [0.2, 0.25) is 5.02 Å². The van der Waals surface area contributed by atoms with Gasteiger partial charge in [0.25, 0.3) is 0 Å². The number of hydrogen-bond acceptors (Lipinski definition) is 1. The minimum atomic E-state index is 0.756. The van der Waals surface area contributed by atoms with Gasteiger partial charge in [-0.2, -0.15) is 5.10 Å². The molecule has 0 unspecified atom stereocenters. The third kappa shape index (κ3) is 3.07. The molecule has 0 spiro atoms. The van der Waals surface area contributed by atoms with Gasteiger partial charge < -0.3 is 0 Å². The summed E-state index contributed by atoms with van der Waals surface area (Å²) in [5.41, 5.74) is 5.54. The highest BCUT2D eigenvalue weighted by molar-refractivity contribution is 6.31. The lowest BCUT2D eigenvalue weighted by Crippen LogP contribution is -2.04. The standard InChI is InChI=1S/C19H18ClN2/c1-3-17-12-19(16-9-10-18(20)14(2)11-16)22(21-17)13-15-7-5-4-6-8-15/h3-12H,13H2,1-2H3. The highest BCUT2D eigenvalue weighted by Gasteiger charge is 2.11. The second-order valence-electron chi connectivity index (χ2n) is 5.35. The number of aryl methyl sites for hydroxylation is 1. The molecule has 2 nitrogen and oxygen atoms in total. The average molecular weight is 310 g/mol. The molecule has 0 saturated heterocycles. The fourth-order valence-corrected chi connectivity index (χ4v) is 2.61. The molecule has 0 aliphatic carbocycles. The summed E-state index contributed by atoms with van der Waals surface area (Å²) in [5.74, 6) is 0. The van der Waals surface area contributed by atoms with Gasteiger partial charge in [-0.15, -0.1) is 0 Å². The summed E-state index contributed by atoms with van der Waals surface area (Å²) in [7, 11) is 0. The summed E-state index contributed by atoms with van der Waals surface area (Å²) in [5, 5.41) is 5.47. The number of hydrogen-bond donors (Lipinski definition) is 0. The Morgan fingerprint density at radius 3 is 2.55 bits per heavy atom. The maximum absolute atomic E-state index is 6.14. The number of halogens is 1. The number of benzene rings is 2. The smallest absolute Gasteiger partial charge is 0.0689 e. The summed E-state index contributed by atoms with van der Waals surface area (Å²) in [6.45, 7) is 4.79. The molecule has 3 rings (SSSR count). The van der Waals surface area contributed by atoms with Crippen molar-refractivity contribution in [3.8, 4) is 11.3 Å². The first-order valence-electron chi connectivity index (χ1n) is 7.35. The van der Waals surface area contributed by atoms with Crippen LogP contribution in [0.25, 0.3) is 11.3 Å². The van der Waals surface area contributed by atoms with Crippen LogP contribution in [-0.4, -0.2) is 9.78 Å². The Hall–Kier alpha value is -2.06. The van der Waals surface area contributed by atoms with Gasteiger partial charge in [0.2, 0.25) is 0 Å². The lowest BCUT2D eigenvalue weighted by atomic mass is 10.1. The molecular formula is C19H18ClN2. The highest BCUT2D eigenvalue weighted by atomic mass is 35.5. The van der Waals surface area contributed by atoms with Crippen molar-refractivity contribution < 1.29 is 0 Å². The maximum atomic E-state index is 6.14. The average Bonchev–Trinajstić information content (AvgIpc) is 2.94. The monoisotopic (exact) mass is 309 g/mol. The van der Waals surface area contributed by atoms with E-state index in [1.54, 1.807) is 0 Å². The van der Waals surface area contributed by atoms with Gasteiger partial charge in [0.05, 0.1) is 17.9 Å². The van der Waals surface area contributed by atoms with Crippen molar-refractivity contribution in [3.63, 3.8) is 0 Å². The van der Waals surface area contributed by atoms with Gasteiger partial charge in [-0.25, -0.2) is 0 Å². The number of rotatable bonds is 4. The van der Waals surface area contributed by atoms with E-state index in [-0.39, 0.29) is 0 Å². The molecule has 3 aromatic rings. The Bertz CT molecular complexity index is 775. The van der Waals surface area contributed by atoms with Gasteiger partial charge >= 0.3 is 0 Å². The van der Waals surface area contributed by atoms with Crippen LogP contribution in [0.1, 0.15) is 23.7 Å². The second kappa shape index (κ2) is 6.37. The molecule has 3 heteroatoms. The molecule has 0 saturated carbocycles. The SMILES string of the molecule is C[CH]c1cc(-c2ccc(Cl)c(C)c2)n(Cc2ccccc2)n1. The van der Waals surface area contributed by atoms with Crippen LogP contribution in [-0.2, 0) is 6.54 Å². The van der Waals surface area contributed by atoms with Gasteiger partial charge in [-0.1, -0.05) is 54.9 Å².